The van der Waals surface area contributed by atoms with Crippen molar-refractivity contribution in [3.8, 4) is 0 Å². The number of aliphatic imine (C=N–C) groups is 1. The number of nitrogens with one attached hydrogen (secondary N) is 1. The molecule has 2 aliphatic rings. The second-order valence-corrected chi connectivity index (χ2v) is 5.66. The molecule has 118 valence electrons. The van der Waals surface area contributed by atoms with E-state index >= 15 is 0 Å². The highest BCUT2D eigenvalue weighted by atomic mass is 35.5. The number of halogens is 1. The highest BCUT2D eigenvalue weighted by Gasteiger charge is 2.38. The number of carbonyl (C=O) groups excluding carboxylic acids is 2. The van der Waals surface area contributed by atoms with Crippen molar-refractivity contribution in [2.24, 2.45) is 10.9 Å². The van der Waals surface area contributed by atoms with Crippen LogP contribution in [0.3, 0.4) is 0 Å². The fourth-order valence-electron chi connectivity index (χ4n) is 2.44. The van der Waals surface area contributed by atoms with Gasteiger partial charge in [-0.2, -0.15) is 4.58 Å². The van der Waals surface area contributed by atoms with Crippen LogP contribution in [-0.2, 0) is 16.1 Å². The normalized spacial score (nSPS) is 20.1. The van der Waals surface area contributed by atoms with E-state index in [1.807, 2.05) is 0 Å². The average molecular weight is 333 g/mol. The van der Waals surface area contributed by atoms with Crippen LogP contribution >= 0.6 is 11.6 Å². The van der Waals surface area contributed by atoms with Crippen molar-refractivity contribution >= 4 is 35.0 Å². The van der Waals surface area contributed by atoms with E-state index in [1.54, 1.807) is 37.3 Å². The van der Waals surface area contributed by atoms with Gasteiger partial charge < -0.3 is 9.73 Å². The third kappa shape index (κ3) is 3.32. The lowest BCUT2D eigenvalue weighted by atomic mass is 9.95. The smallest absolute Gasteiger partial charge is 0.325 e. The van der Waals surface area contributed by atoms with Crippen LogP contribution in [0, 0.1) is 5.92 Å². The van der Waals surface area contributed by atoms with Crippen molar-refractivity contribution in [2.45, 2.75) is 13.5 Å². The largest absolute Gasteiger partial charge is 0.467 e. The molecule has 3 rings (SSSR count). The van der Waals surface area contributed by atoms with Crippen LogP contribution < -0.4 is 5.32 Å². The number of hydrogen-bond acceptors (Lipinski definition) is 4. The minimum Gasteiger partial charge on any atom is -0.467 e. The van der Waals surface area contributed by atoms with Gasteiger partial charge in [0.05, 0.1) is 12.8 Å². The molecule has 0 aromatic carbocycles. The lowest BCUT2D eigenvalue weighted by Gasteiger charge is -2.17. The number of amidine groups is 1. The Labute approximate surface area is 137 Å². The molecular weight excluding hydrogens is 318 g/mol. The zero-order valence-corrected chi connectivity index (χ0v) is 13.2. The van der Waals surface area contributed by atoms with E-state index < -0.39 is 5.92 Å². The van der Waals surface area contributed by atoms with Gasteiger partial charge in [0.2, 0.25) is 0 Å². The molecule has 0 saturated heterocycles. The molecule has 2 amide bonds. The Morgan fingerprint density at radius 2 is 2.30 bits per heavy atom. The van der Waals surface area contributed by atoms with Crippen molar-refractivity contribution in [1.29, 1.82) is 0 Å². The van der Waals surface area contributed by atoms with Crippen LogP contribution in [0.4, 0.5) is 0 Å². The molecule has 0 spiro atoms. The first-order valence-electron chi connectivity index (χ1n) is 7.12. The van der Waals surface area contributed by atoms with E-state index in [0.29, 0.717) is 22.3 Å². The van der Waals surface area contributed by atoms with Crippen LogP contribution in [0.5, 0.6) is 0 Å². The van der Waals surface area contributed by atoms with Crippen molar-refractivity contribution in [3.63, 3.8) is 0 Å². The van der Waals surface area contributed by atoms with Gasteiger partial charge in [0.25, 0.3) is 11.7 Å². The first-order chi connectivity index (χ1) is 11.0. The summed E-state index contributed by atoms with van der Waals surface area (Å²) in [6.07, 6.45) is 6.60. The molecule has 0 fully saturated rings. The first kappa shape index (κ1) is 15.4. The molecule has 0 bridgehead atoms. The minimum absolute atomic E-state index is 0.0895. The number of carbonyl (C=O) groups is 2. The second-order valence-electron chi connectivity index (χ2n) is 5.23. The zero-order chi connectivity index (χ0) is 16.4. The van der Waals surface area contributed by atoms with Gasteiger partial charge >= 0.3 is 5.91 Å². The Kier molecular flexibility index (Phi) is 4.25. The first-order valence-corrected chi connectivity index (χ1v) is 7.50. The molecule has 1 aromatic heterocycles. The Bertz CT molecular complexity index is 773. The molecule has 1 atom stereocenters. The third-order valence-corrected chi connectivity index (χ3v) is 3.87. The van der Waals surface area contributed by atoms with Crippen molar-refractivity contribution < 1.29 is 18.6 Å². The summed E-state index contributed by atoms with van der Waals surface area (Å²) in [5.41, 5.74) is 0.643. The highest BCUT2D eigenvalue weighted by Crippen LogP contribution is 2.21. The van der Waals surface area contributed by atoms with E-state index in [0.717, 1.165) is 0 Å². The van der Waals surface area contributed by atoms with E-state index in [4.69, 9.17) is 16.0 Å². The number of furan rings is 1. The fourth-order valence-corrected chi connectivity index (χ4v) is 2.63. The van der Waals surface area contributed by atoms with Gasteiger partial charge in [-0.05, 0) is 35.4 Å². The summed E-state index contributed by atoms with van der Waals surface area (Å²) in [4.78, 5) is 29.0. The zero-order valence-electron chi connectivity index (χ0n) is 12.5. The molecule has 2 heterocycles. The summed E-state index contributed by atoms with van der Waals surface area (Å²) in [7, 11) is 0. The summed E-state index contributed by atoms with van der Waals surface area (Å²) >= 11 is 5.95. The number of nitrogens with zero attached hydrogens (tertiary/aromatic N) is 2. The Hall–Kier alpha value is -2.47. The molecule has 0 radical (unpaired) electrons. The van der Waals surface area contributed by atoms with Crippen LogP contribution in [0.25, 0.3) is 0 Å². The quantitative estimate of drug-likeness (QED) is 0.851. The molecule has 1 N–H and O–H groups in total. The molecule has 6 nitrogen and oxygen atoms in total. The lowest BCUT2D eigenvalue weighted by Crippen LogP contribution is -2.44. The molecule has 1 unspecified atom stereocenters. The summed E-state index contributed by atoms with van der Waals surface area (Å²) < 4.78 is 6.51. The van der Waals surface area contributed by atoms with Gasteiger partial charge in [0.15, 0.2) is 12.3 Å². The van der Waals surface area contributed by atoms with Crippen LogP contribution in [0.2, 0.25) is 0 Å². The highest BCUT2D eigenvalue weighted by molar-refractivity contribution is 6.33. The molecular formula is C16H15ClN3O3+. The molecule has 1 aromatic rings. The van der Waals surface area contributed by atoms with E-state index in [2.05, 4.69) is 10.3 Å². The predicted molar refractivity (Wildman–Crippen MR) is 85.4 cm³/mol. The predicted octanol–water partition coefficient (Wildman–Crippen LogP) is 1.62. The van der Waals surface area contributed by atoms with Gasteiger partial charge in [-0.15, -0.1) is 0 Å². The Morgan fingerprint density at radius 1 is 1.48 bits per heavy atom. The molecule has 1 aliphatic carbocycles. The Balaban J connectivity index is 1.71. The number of amides is 2. The monoisotopic (exact) mass is 332 g/mol. The van der Waals surface area contributed by atoms with E-state index in [9.17, 15) is 9.59 Å². The summed E-state index contributed by atoms with van der Waals surface area (Å²) in [5.74, 6) is 0.119. The number of allylic oxidation sites excluding steroid dienone is 3. The summed E-state index contributed by atoms with van der Waals surface area (Å²) in [6.45, 7) is 1.89. The van der Waals surface area contributed by atoms with Gasteiger partial charge in [0.1, 0.15) is 11.7 Å². The molecule has 0 saturated carbocycles. The number of rotatable bonds is 4. The van der Waals surface area contributed by atoms with Gasteiger partial charge in [-0.3, -0.25) is 4.79 Å². The average Bonchev–Trinajstić information content (AvgIpc) is 3.04. The Morgan fingerprint density at radius 3 is 3.04 bits per heavy atom. The topological polar surface area (TPSA) is 74.7 Å². The minimum atomic E-state index is -0.533. The van der Waals surface area contributed by atoms with Gasteiger partial charge in [0, 0.05) is 12.0 Å². The molecule has 1 aliphatic heterocycles. The van der Waals surface area contributed by atoms with Gasteiger partial charge in [-0.25, -0.2) is 4.79 Å². The third-order valence-electron chi connectivity index (χ3n) is 3.61. The van der Waals surface area contributed by atoms with Crippen LogP contribution in [0.1, 0.15) is 12.7 Å². The lowest BCUT2D eigenvalue weighted by molar-refractivity contribution is -0.442. The maximum atomic E-state index is 12.6. The fraction of sp³-hybridized carbons (Fsp3) is 0.250. The number of fused-ring (bicyclic) bond motifs is 1. The SMILES string of the molecule is CC1=[N+](CC(=O)NCc2ccco2)C(=O)C2C=C(Cl)C=CC2=N1. The van der Waals surface area contributed by atoms with Crippen molar-refractivity contribution in [1.82, 2.24) is 5.32 Å². The molecule has 7 heteroatoms. The summed E-state index contributed by atoms with van der Waals surface area (Å²) in [6, 6.07) is 3.51. The maximum absolute atomic E-state index is 12.6. The number of hydrogen-bond donors (Lipinski definition) is 1. The second kappa shape index (κ2) is 6.34. The maximum Gasteiger partial charge on any atom is 0.325 e. The van der Waals surface area contributed by atoms with Crippen molar-refractivity contribution in [3.05, 3.63) is 47.4 Å². The van der Waals surface area contributed by atoms with E-state index in [-0.39, 0.29) is 24.9 Å². The van der Waals surface area contributed by atoms with Crippen molar-refractivity contribution in [2.75, 3.05) is 6.54 Å². The van der Waals surface area contributed by atoms with Crippen LogP contribution in [-0.4, -0.2) is 34.5 Å². The van der Waals surface area contributed by atoms with Gasteiger partial charge in [-0.1, -0.05) is 11.6 Å². The van der Waals surface area contributed by atoms with Crippen LogP contribution in [0.15, 0.2) is 51.1 Å². The summed E-state index contributed by atoms with van der Waals surface area (Å²) in [5, 5.41) is 3.20. The molecule has 23 heavy (non-hydrogen) atoms. The van der Waals surface area contributed by atoms with E-state index in [1.165, 1.54) is 10.8 Å². The standard InChI is InChI=1S/C16H14ClN3O3/c1-10-19-14-5-4-11(17)7-13(14)16(22)20(10)9-15(21)18-8-12-3-2-6-23-12/h2-7,13H,8-9H2,1H3/p+1.